The second-order valence-electron chi connectivity index (χ2n) is 9.47. The van der Waals surface area contributed by atoms with Gasteiger partial charge in [0.25, 0.3) is 5.91 Å². The van der Waals surface area contributed by atoms with E-state index in [1.54, 1.807) is 6.07 Å². The van der Waals surface area contributed by atoms with Gasteiger partial charge >= 0.3 is 0 Å². The minimum Gasteiger partial charge on any atom is -0.413 e. The molecule has 0 bridgehead atoms. The fourth-order valence-corrected chi connectivity index (χ4v) is 4.16. The van der Waals surface area contributed by atoms with E-state index in [0.717, 1.165) is 12.3 Å². The maximum absolute atomic E-state index is 15.1. The molecule has 1 amide bonds. The Balaban J connectivity index is 2.27. The van der Waals surface area contributed by atoms with Crippen molar-refractivity contribution in [3.8, 4) is 0 Å². The van der Waals surface area contributed by atoms with E-state index in [2.05, 4.69) is 56.4 Å². The fourth-order valence-electron chi connectivity index (χ4n) is 2.68. The minimum absolute atomic E-state index is 0.0248. The maximum atomic E-state index is 15.1. The van der Waals surface area contributed by atoms with Crippen molar-refractivity contribution in [3.63, 3.8) is 0 Å². The lowest BCUT2D eigenvalue weighted by atomic mass is 10.1. The molecule has 0 saturated heterocycles. The van der Waals surface area contributed by atoms with Gasteiger partial charge in [0.2, 0.25) is 0 Å². The fraction of sp³-hybridized carbons (Fsp3) is 0.360. The van der Waals surface area contributed by atoms with Gasteiger partial charge in [-0.3, -0.25) is 9.63 Å². The van der Waals surface area contributed by atoms with E-state index in [4.69, 9.17) is 14.1 Å². The Morgan fingerprint density at radius 1 is 1.16 bits per heavy atom. The molecule has 0 spiro atoms. The molecule has 0 heterocycles. The average Bonchev–Trinajstić information content (AvgIpc) is 2.81. The lowest BCUT2D eigenvalue weighted by Gasteiger charge is -2.35. The van der Waals surface area contributed by atoms with Crippen LogP contribution in [0.5, 0.6) is 0 Å². The van der Waals surface area contributed by atoms with Crippen molar-refractivity contribution >= 4 is 54.4 Å². The number of nitrogens with zero attached hydrogens (tertiary/aromatic N) is 1. The first kappa shape index (κ1) is 30.8. The van der Waals surface area contributed by atoms with Gasteiger partial charge in [0.05, 0.1) is 36.4 Å². The second kappa shape index (κ2) is 13.4. The third-order valence-electron chi connectivity index (χ3n) is 5.75. The molecule has 37 heavy (non-hydrogen) atoms. The normalized spacial score (nSPS) is 12.0. The van der Waals surface area contributed by atoms with Crippen LogP contribution in [-0.4, -0.2) is 40.3 Å². The molecule has 12 heteroatoms. The smallest absolute Gasteiger partial charge is 0.277 e. The molecule has 0 aliphatic heterocycles. The summed E-state index contributed by atoms with van der Waals surface area (Å²) in [6, 6.07) is 5.17. The van der Waals surface area contributed by atoms with Crippen LogP contribution in [-0.2, 0) is 14.1 Å². The van der Waals surface area contributed by atoms with E-state index >= 15 is 4.39 Å². The minimum atomic E-state index is -1.96. The SMILES string of the molecule is C=CCONC(=O)c1cc(/C=N/OCCO[Si](C)(C)C(C)(C)C)c(F)c(F)c1Nc1ccc(I)cc1F. The third-order valence-corrected chi connectivity index (χ3v) is 11.0. The van der Waals surface area contributed by atoms with E-state index in [1.165, 1.54) is 18.2 Å². The van der Waals surface area contributed by atoms with Crippen molar-refractivity contribution in [2.45, 2.75) is 38.9 Å². The molecule has 0 fully saturated rings. The van der Waals surface area contributed by atoms with Crippen LogP contribution in [0.2, 0.25) is 18.1 Å². The number of hydrogen-bond donors (Lipinski definition) is 2. The summed E-state index contributed by atoms with van der Waals surface area (Å²) in [6.07, 6.45) is 2.33. The van der Waals surface area contributed by atoms with Crippen molar-refractivity contribution in [2.24, 2.45) is 5.16 Å². The Morgan fingerprint density at radius 2 is 1.86 bits per heavy atom. The van der Waals surface area contributed by atoms with Gasteiger partial charge in [0, 0.05) is 9.13 Å². The highest BCUT2D eigenvalue weighted by Crippen LogP contribution is 2.36. The van der Waals surface area contributed by atoms with Crippen molar-refractivity contribution in [3.05, 3.63) is 69.1 Å². The average molecular weight is 650 g/mol. The standard InChI is InChI=1S/C25H31F3IN3O4Si/c1-7-10-35-32-24(33)18-13-16(15-30-34-11-12-36-37(5,6)25(2,3)4)21(27)22(28)23(18)31-20-9-8-17(29)14-19(20)26/h7-9,13-15,31H,1,10-12H2,2-6H3,(H,32,33)/b30-15+. The van der Waals surface area contributed by atoms with E-state index in [1.807, 2.05) is 22.6 Å². The largest absolute Gasteiger partial charge is 0.413 e. The zero-order valence-corrected chi connectivity index (χ0v) is 24.5. The van der Waals surface area contributed by atoms with Gasteiger partial charge in [-0.05, 0) is 65.0 Å². The molecule has 2 N–H and O–H groups in total. The zero-order valence-electron chi connectivity index (χ0n) is 21.4. The summed E-state index contributed by atoms with van der Waals surface area (Å²) in [5.41, 5.74) is 0.693. The van der Waals surface area contributed by atoms with Crippen molar-refractivity contribution in [2.75, 3.05) is 25.1 Å². The van der Waals surface area contributed by atoms with Gasteiger partial charge in [0.15, 0.2) is 20.0 Å². The van der Waals surface area contributed by atoms with E-state index in [9.17, 15) is 13.6 Å². The highest BCUT2D eigenvalue weighted by atomic mass is 127. The number of oxime groups is 1. The van der Waals surface area contributed by atoms with Gasteiger partial charge < -0.3 is 14.6 Å². The highest BCUT2D eigenvalue weighted by molar-refractivity contribution is 14.1. The summed E-state index contributed by atoms with van der Waals surface area (Å²) >= 11 is 1.91. The Bertz CT molecular complexity index is 1160. The zero-order chi connectivity index (χ0) is 27.8. The Hall–Kier alpha value is -2.42. The van der Waals surface area contributed by atoms with Crippen LogP contribution in [0.15, 0.2) is 42.1 Å². The van der Waals surface area contributed by atoms with Crippen molar-refractivity contribution < 1.29 is 32.1 Å². The highest BCUT2D eigenvalue weighted by Gasteiger charge is 2.36. The van der Waals surface area contributed by atoms with E-state index in [0.29, 0.717) is 3.57 Å². The lowest BCUT2D eigenvalue weighted by molar-refractivity contribution is 0.0422. The van der Waals surface area contributed by atoms with Gasteiger partial charge in [-0.1, -0.05) is 32.0 Å². The number of rotatable bonds is 12. The number of anilines is 2. The number of nitrogens with one attached hydrogen (secondary N) is 2. The van der Waals surface area contributed by atoms with Crippen LogP contribution >= 0.6 is 22.6 Å². The molecule has 0 atom stereocenters. The Labute approximate surface area is 229 Å². The maximum Gasteiger partial charge on any atom is 0.277 e. The summed E-state index contributed by atoms with van der Waals surface area (Å²) in [6.45, 7) is 14.3. The summed E-state index contributed by atoms with van der Waals surface area (Å²) in [7, 11) is -1.96. The molecule has 7 nitrogen and oxygen atoms in total. The molecule has 0 saturated carbocycles. The van der Waals surface area contributed by atoms with Crippen molar-refractivity contribution in [1.29, 1.82) is 0 Å². The first-order valence-corrected chi connectivity index (χ1v) is 15.3. The molecule has 0 aliphatic rings. The molecule has 0 aliphatic carbocycles. The van der Waals surface area contributed by atoms with Crippen molar-refractivity contribution in [1.82, 2.24) is 5.48 Å². The number of amides is 1. The number of carbonyl (C=O) groups is 1. The van der Waals surface area contributed by atoms with Crippen LogP contribution in [0.4, 0.5) is 24.5 Å². The van der Waals surface area contributed by atoms with Crippen LogP contribution in [0.3, 0.4) is 0 Å². The first-order valence-electron chi connectivity index (χ1n) is 11.3. The Morgan fingerprint density at radius 3 is 2.49 bits per heavy atom. The van der Waals surface area contributed by atoms with Gasteiger partial charge in [-0.25, -0.2) is 18.7 Å². The number of carbonyl (C=O) groups excluding carboxylic acids is 1. The van der Waals surface area contributed by atoms with Crippen LogP contribution in [0, 0.1) is 21.0 Å². The topological polar surface area (TPSA) is 81.2 Å². The monoisotopic (exact) mass is 649 g/mol. The molecule has 2 aromatic carbocycles. The first-order chi connectivity index (χ1) is 17.3. The van der Waals surface area contributed by atoms with E-state index < -0.39 is 37.4 Å². The Kier molecular flexibility index (Phi) is 11.2. The van der Waals surface area contributed by atoms with Crippen LogP contribution < -0.4 is 10.8 Å². The second-order valence-corrected chi connectivity index (χ2v) is 15.5. The molecule has 0 unspecified atom stereocenters. The summed E-state index contributed by atoms with van der Waals surface area (Å²) in [5.74, 6) is -4.31. The number of hydroxylamine groups is 1. The molecule has 2 aromatic rings. The third kappa shape index (κ3) is 8.55. The van der Waals surface area contributed by atoms with Gasteiger partial charge in [-0.2, -0.15) is 0 Å². The number of halogens is 4. The quantitative estimate of drug-likeness (QED) is 0.0671. The van der Waals surface area contributed by atoms with Gasteiger partial charge in [-0.15, -0.1) is 6.58 Å². The van der Waals surface area contributed by atoms with Gasteiger partial charge in [0.1, 0.15) is 12.4 Å². The summed E-state index contributed by atoms with van der Waals surface area (Å²) in [5, 5.41) is 6.18. The molecule has 0 radical (unpaired) electrons. The van der Waals surface area contributed by atoms with Crippen LogP contribution in [0.25, 0.3) is 0 Å². The number of hydrogen-bond acceptors (Lipinski definition) is 6. The predicted octanol–water partition coefficient (Wildman–Crippen LogP) is 6.67. The van der Waals surface area contributed by atoms with E-state index in [-0.39, 0.29) is 41.7 Å². The van der Waals surface area contributed by atoms with Crippen LogP contribution in [0.1, 0.15) is 36.7 Å². The summed E-state index contributed by atoms with van der Waals surface area (Å²) in [4.78, 5) is 22.8. The molecule has 2 rings (SSSR count). The lowest BCUT2D eigenvalue weighted by Crippen LogP contribution is -2.41. The summed E-state index contributed by atoms with van der Waals surface area (Å²) < 4.78 is 51.0. The molecule has 0 aromatic heterocycles. The molecular formula is C25H31F3IN3O4Si. The number of benzene rings is 2. The molecule has 202 valence electrons. The predicted molar refractivity (Wildman–Crippen MR) is 149 cm³/mol. The molecular weight excluding hydrogens is 618 g/mol.